The van der Waals surface area contributed by atoms with Crippen LogP contribution in [0.25, 0.3) is 5.69 Å². The van der Waals surface area contributed by atoms with Gasteiger partial charge in [0.05, 0.1) is 24.1 Å². The van der Waals surface area contributed by atoms with Crippen LogP contribution in [-0.4, -0.2) is 39.5 Å². The lowest BCUT2D eigenvalue weighted by Gasteiger charge is -2.29. The van der Waals surface area contributed by atoms with Gasteiger partial charge in [0, 0.05) is 6.54 Å². The first-order chi connectivity index (χ1) is 11.9. The number of carbonyl (C=O) groups is 1. The van der Waals surface area contributed by atoms with Crippen LogP contribution in [0.3, 0.4) is 0 Å². The van der Waals surface area contributed by atoms with Gasteiger partial charge in [0.25, 0.3) is 5.91 Å². The van der Waals surface area contributed by atoms with E-state index >= 15 is 0 Å². The molecule has 2 atom stereocenters. The maximum Gasteiger partial charge on any atom is 0.275 e. The van der Waals surface area contributed by atoms with Crippen LogP contribution in [0.2, 0.25) is 0 Å². The van der Waals surface area contributed by atoms with Gasteiger partial charge in [-0.3, -0.25) is 4.79 Å². The third-order valence-corrected chi connectivity index (χ3v) is 4.50. The molecule has 1 aromatic carbocycles. The van der Waals surface area contributed by atoms with Gasteiger partial charge >= 0.3 is 0 Å². The summed E-state index contributed by atoms with van der Waals surface area (Å²) in [6.07, 6.45) is 2.52. The van der Waals surface area contributed by atoms with E-state index in [1.54, 1.807) is 17.8 Å². The molecular formula is C19H27N3O3. The highest BCUT2D eigenvalue weighted by Gasteiger charge is 2.28. The molecule has 25 heavy (non-hydrogen) atoms. The van der Waals surface area contributed by atoms with Crippen LogP contribution in [0.15, 0.2) is 36.5 Å². The van der Waals surface area contributed by atoms with Crippen molar-refractivity contribution in [1.82, 2.24) is 15.1 Å². The lowest BCUT2D eigenvalue weighted by molar-refractivity contribution is 0.00584. The molecule has 1 aromatic heterocycles. The Kier molecular flexibility index (Phi) is 6.20. The third kappa shape index (κ3) is 4.60. The van der Waals surface area contributed by atoms with E-state index in [1.807, 2.05) is 51.1 Å². The van der Waals surface area contributed by atoms with Crippen molar-refractivity contribution in [2.75, 3.05) is 13.2 Å². The minimum absolute atomic E-state index is 0.0704. The summed E-state index contributed by atoms with van der Waals surface area (Å²) < 4.78 is 7.17. The van der Waals surface area contributed by atoms with Gasteiger partial charge in [-0.05, 0) is 31.9 Å². The fourth-order valence-corrected chi connectivity index (χ4v) is 2.45. The number of nitrogens with one attached hydrogen (secondary N) is 1. The molecule has 2 unspecified atom stereocenters. The molecule has 136 valence electrons. The van der Waals surface area contributed by atoms with Crippen molar-refractivity contribution in [3.63, 3.8) is 0 Å². The first-order valence-electron chi connectivity index (χ1n) is 8.67. The predicted octanol–water partition coefficient (Wildman–Crippen LogP) is 2.80. The molecule has 0 aliphatic heterocycles. The summed E-state index contributed by atoms with van der Waals surface area (Å²) in [6, 6.07) is 9.53. The Balaban J connectivity index is 2.19. The van der Waals surface area contributed by atoms with Gasteiger partial charge in [-0.15, -0.1) is 0 Å². The first kappa shape index (κ1) is 19.0. The molecule has 2 rings (SSSR count). The summed E-state index contributed by atoms with van der Waals surface area (Å²) >= 11 is 0. The second-order valence-electron chi connectivity index (χ2n) is 6.40. The van der Waals surface area contributed by atoms with Crippen LogP contribution >= 0.6 is 0 Å². The summed E-state index contributed by atoms with van der Waals surface area (Å²) in [6.45, 7) is 8.15. The molecule has 0 aliphatic carbocycles. The van der Waals surface area contributed by atoms with Crippen molar-refractivity contribution in [1.29, 1.82) is 0 Å². The Morgan fingerprint density at radius 3 is 2.64 bits per heavy atom. The highest BCUT2D eigenvalue weighted by molar-refractivity contribution is 5.95. The number of para-hydroxylation sites is 1. The topological polar surface area (TPSA) is 76.4 Å². The van der Waals surface area contributed by atoms with Crippen molar-refractivity contribution in [3.8, 4) is 11.4 Å². The number of carbonyl (C=O) groups excluding carboxylic acids is 1. The number of aromatic nitrogens is 2. The van der Waals surface area contributed by atoms with Gasteiger partial charge in [0.15, 0.2) is 11.4 Å². The molecule has 6 heteroatoms. The van der Waals surface area contributed by atoms with Crippen molar-refractivity contribution in [2.24, 2.45) is 5.92 Å². The fourth-order valence-electron chi connectivity index (χ4n) is 2.45. The number of rotatable bonds is 8. The Morgan fingerprint density at radius 1 is 1.36 bits per heavy atom. The lowest BCUT2D eigenvalue weighted by atomic mass is 9.88. The van der Waals surface area contributed by atoms with E-state index < -0.39 is 5.60 Å². The number of amides is 1. The highest BCUT2D eigenvalue weighted by atomic mass is 16.5. The summed E-state index contributed by atoms with van der Waals surface area (Å²) in [7, 11) is 0. The molecule has 0 bridgehead atoms. The van der Waals surface area contributed by atoms with Gasteiger partial charge in [-0.1, -0.05) is 38.5 Å². The van der Waals surface area contributed by atoms with Crippen LogP contribution in [-0.2, 0) is 0 Å². The summed E-state index contributed by atoms with van der Waals surface area (Å²) in [4.78, 5) is 12.6. The molecular weight excluding hydrogens is 318 g/mol. The van der Waals surface area contributed by atoms with E-state index in [-0.39, 0.29) is 24.1 Å². The number of hydrogen-bond acceptors (Lipinski definition) is 4. The van der Waals surface area contributed by atoms with E-state index in [0.29, 0.717) is 12.4 Å². The molecule has 1 heterocycles. The van der Waals surface area contributed by atoms with E-state index in [9.17, 15) is 9.90 Å². The van der Waals surface area contributed by atoms with Crippen LogP contribution < -0.4 is 10.1 Å². The average Bonchev–Trinajstić information content (AvgIpc) is 3.04. The molecule has 0 saturated heterocycles. The van der Waals surface area contributed by atoms with Gasteiger partial charge in [-0.2, -0.15) is 5.10 Å². The highest BCUT2D eigenvalue weighted by Crippen LogP contribution is 2.22. The van der Waals surface area contributed by atoms with Crippen molar-refractivity contribution >= 4 is 5.91 Å². The smallest absolute Gasteiger partial charge is 0.275 e. The molecule has 0 spiro atoms. The second kappa shape index (κ2) is 8.16. The van der Waals surface area contributed by atoms with Gasteiger partial charge in [0.1, 0.15) is 0 Å². The quantitative estimate of drug-likeness (QED) is 0.771. The van der Waals surface area contributed by atoms with Gasteiger partial charge in [0.2, 0.25) is 0 Å². The minimum atomic E-state index is -0.974. The molecule has 0 saturated carbocycles. The number of ether oxygens (including phenoxy) is 1. The van der Waals surface area contributed by atoms with Crippen molar-refractivity contribution in [3.05, 3.63) is 42.2 Å². The minimum Gasteiger partial charge on any atom is -0.490 e. The largest absolute Gasteiger partial charge is 0.490 e. The van der Waals surface area contributed by atoms with E-state index in [0.717, 1.165) is 12.1 Å². The zero-order valence-corrected chi connectivity index (χ0v) is 15.3. The summed E-state index contributed by atoms with van der Waals surface area (Å²) in [5.74, 6) is 0.134. The molecule has 1 amide bonds. The lowest BCUT2D eigenvalue weighted by Crippen LogP contribution is -2.45. The number of nitrogens with zero attached hydrogens (tertiary/aromatic N) is 2. The number of hydrogen-bond donors (Lipinski definition) is 2. The van der Waals surface area contributed by atoms with Crippen LogP contribution in [0.1, 0.15) is 44.6 Å². The summed E-state index contributed by atoms with van der Waals surface area (Å²) in [5, 5.41) is 17.6. The molecule has 0 fully saturated rings. The van der Waals surface area contributed by atoms with Crippen LogP contribution in [0.4, 0.5) is 0 Å². The van der Waals surface area contributed by atoms with E-state index in [1.165, 1.54) is 0 Å². The predicted molar refractivity (Wildman–Crippen MR) is 97.1 cm³/mol. The molecule has 6 nitrogen and oxygen atoms in total. The third-order valence-electron chi connectivity index (χ3n) is 4.50. The zero-order valence-electron chi connectivity index (χ0n) is 15.3. The standard InChI is InChI=1S/C19H27N3O3/c1-5-14(3)19(4,24)13-20-18(23)17-16(25-6-2)12-22(21-17)15-10-8-7-9-11-15/h7-12,14,24H,5-6,13H2,1-4H3,(H,20,23). The van der Waals surface area contributed by atoms with E-state index in [4.69, 9.17) is 4.74 Å². The number of benzene rings is 1. The Bertz CT molecular complexity index is 695. The van der Waals surface area contributed by atoms with Crippen molar-refractivity contribution < 1.29 is 14.6 Å². The maximum atomic E-state index is 12.6. The normalized spacial score (nSPS) is 14.6. The van der Waals surface area contributed by atoms with Gasteiger partial charge < -0.3 is 15.2 Å². The van der Waals surface area contributed by atoms with Gasteiger partial charge in [-0.25, -0.2) is 4.68 Å². The van der Waals surface area contributed by atoms with Crippen LogP contribution in [0.5, 0.6) is 5.75 Å². The van der Waals surface area contributed by atoms with E-state index in [2.05, 4.69) is 10.4 Å². The molecule has 2 aromatic rings. The Labute approximate surface area is 148 Å². The second-order valence-corrected chi connectivity index (χ2v) is 6.40. The Morgan fingerprint density at radius 2 is 2.04 bits per heavy atom. The SMILES string of the molecule is CCOc1cn(-c2ccccc2)nc1C(=O)NCC(C)(O)C(C)CC. The maximum absolute atomic E-state index is 12.6. The average molecular weight is 345 g/mol. The summed E-state index contributed by atoms with van der Waals surface area (Å²) in [5.41, 5.74) is 0.0813. The molecule has 2 N–H and O–H groups in total. The molecule has 0 aliphatic rings. The monoisotopic (exact) mass is 345 g/mol. The van der Waals surface area contributed by atoms with Crippen molar-refractivity contribution in [2.45, 2.75) is 39.7 Å². The fraction of sp³-hybridized carbons (Fsp3) is 0.474. The molecule has 0 radical (unpaired) electrons. The first-order valence-corrected chi connectivity index (χ1v) is 8.67. The number of aliphatic hydroxyl groups is 1. The Hall–Kier alpha value is -2.34. The van der Waals surface area contributed by atoms with Crippen LogP contribution in [0, 0.1) is 5.92 Å². The zero-order chi connectivity index (χ0) is 18.4.